The van der Waals surface area contributed by atoms with Crippen molar-refractivity contribution in [3.05, 3.63) is 81.9 Å². The van der Waals surface area contributed by atoms with Crippen molar-refractivity contribution in [2.75, 3.05) is 18.5 Å². The molecule has 0 fully saturated rings. The number of allylic oxidation sites excluding steroid dienone is 2. The van der Waals surface area contributed by atoms with Gasteiger partial charge in [-0.25, -0.2) is 4.79 Å². The number of ketones is 1. The summed E-state index contributed by atoms with van der Waals surface area (Å²) in [6.45, 7) is 9.50. The minimum Gasteiger partial charge on any atom is -0.483 e. The average Bonchev–Trinajstić information content (AvgIpc) is 2.83. The predicted octanol–water partition coefficient (Wildman–Crippen LogP) is 4.81. The molecule has 1 heterocycles. The molecule has 1 aliphatic heterocycles. The molecule has 38 heavy (non-hydrogen) atoms. The molecule has 0 saturated heterocycles. The van der Waals surface area contributed by atoms with Crippen LogP contribution in [0.5, 0.6) is 5.75 Å². The molecule has 0 bridgehead atoms. The van der Waals surface area contributed by atoms with Gasteiger partial charge in [0.05, 0.1) is 12.5 Å². The summed E-state index contributed by atoms with van der Waals surface area (Å²) in [7, 11) is 0. The number of nitrogens with two attached hydrogens (primary N) is 1. The van der Waals surface area contributed by atoms with Crippen molar-refractivity contribution in [3.63, 3.8) is 0 Å². The van der Waals surface area contributed by atoms with Crippen molar-refractivity contribution in [2.45, 2.75) is 53.4 Å². The van der Waals surface area contributed by atoms with E-state index in [0.29, 0.717) is 41.2 Å². The SMILES string of the molecule is CCOC(=O)C1=C(N)OC2=C(C(=O)CC(C)(C)C2)C1c1ccccc1OCC(=O)Nc1ccc(C)c(C)c1. The summed E-state index contributed by atoms with van der Waals surface area (Å²) in [6, 6.07) is 12.7. The number of carbonyl (C=O) groups excluding carboxylic acids is 3. The summed E-state index contributed by atoms with van der Waals surface area (Å²) in [5.41, 5.74) is 9.77. The highest BCUT2D eigenvalue weighted by molar-refractivity contribution is 6.04. The zero-order valence-electron chi connectivity index (χ0n) is 22.5. The summed E-state index contributed by atoms with van der Waals surface area (Å²) in [5.74, 6) is -1.27. The average molecular weight is 519 g/mol. The van der Waals surface area contributed by atoms with Crippen LogP contribution in [-0.2, 0) is 23.9 Å². The van der Waals surface area contributed by atoms with Gasteiger partial charge in [-0.05, 0) is 55.5 Å². The summed E-state index contributed by atoms with van der Waals surface area (Å²) < 4.78 is 17.1. The van der Waals surface area contributed by atoms with Gasteiger partial charge in [-0.1, -0.05) is 38.1 Å². The lowest BCUT2D eigenvalue weighted by Gasteiger charge is -2.38. The van der Waals surface area contributed by atoms with Crippen LogP contribution in [0.4, 0.5) is 5.69 Å². The number of hydrogen-bond donors (Lipinski definition) is 2. The molecule has 3 N–H and O–H groups in total. The van der Waals surface area contributed by atoms with Gasteiger partial charge in [0.2, 0.25) is 5.88 Å². The largest absolute Gasteiger partial charge is 0.483 e. The third kappa shape index (κ3) is 5.59. The molecule has 200 valence electrons. The van der Waals surface area contributed by atoms with Gasteiger partial charge in [0.15, 0.2) is 12.4 Å². The van der Waals surface area contributed by atoms with Crippen LogP contribution in [0.1, 0.15) is 56.2 Å². The summed E-state index contributed by atoms with van der Waals surface area (Å²) in [4.78, 5) is 39.2. The van der Waals surface area contributed by atoms with E-state index in [-0.39, 0.29) is 41.8 Å². The number of ether oxygens (including phenoxy) is 3. The molecule has 2 aromatic rings. The third-order valence-electron chi connectivity index (χ3n) is 6.83. The Morgan fingerprint density at radius 3 is 2.55 bits per heavy atom. The van der Waals surface area contributed by atoms with Crippen LogP contribution < -0.4 is 15.8 Å². The molecular formula is C30H34N2O6. The number of nitrogens with one attached hydrogen (secondary N) is 1. The first kappa shape index (κ1) is 27.0. The van der Waals surface area contributed by atoms with E-state index in [1.807, 2.05) is 45.9 Å². The van der Waals surface area contributed by atoms with E-state index in [1.165, 1.54) is 0 Å². The lowest BCUT2D eigenvalue weighted by molar-refractivity contribution is -0.139. The van der Waals surface area contributed by atoms with E-state index in [1.54, 1.807) is 31.2 Å². The maximum atomic E-state index is 13.4. The highest BCUT2D eigenvalue weighted by atomic mass is 16.5. The topological polar surface area (TPSA) is 117 Å². The molecule has 2 aliphatic rings. The van der Waals surface area contributed by atoms with Crippen molar-refractivity contribution in [2.24, 2.45) is 11.1 Å². The van der Waals surface area contributed by atoms with Crippen molar-refractivity contribution >= 4 is 23.3 Å². The molecule has 1 unspecified atom stereocenters. The van der Waals surface area contributed by atoms with Gasteiger partial charge in [0.25, 0.3) is 5.91 Å². The third-order valence-corrected chi connectivity index (χ3v) is 6.83. The van der Waals surface area contributed by atoms with Gasteiger partial charge < -0.3 is 25.3 Å². The normalized spacial score (nSPS) is 18.4. The quantitative estimate of drug-likeness (QED) is 0.505. The van der Waals surface area contributed by atoms with Gasteiger partial charge in [-0.2, -0.15) is 0 Å². The number of anilines is 1. The first-order valence-corrected chi connectivity index (χ1v) is 12.7. The van der Waals surface area contributed by atoms with E-state index < -0.39 is 11.9 Å². The Labute approximate surface area is 222 Å². The lowest BCUT2D eigenvalue weighted by Crippen LogP contribution is -2.36. The van der Waals surface area contributed by atoms with E-state index in [4.69, 9.17) is 19.9 Å². The van der Waals surface area contributed by atoms with Crippen LogP contribution in [-0.4, -0.2) is 30.9 Å². The summed E-state index contributed by atoms with van der Waals surface area (Å²) >= 11 is 0. The van der Waals surface area contributed by atoms with Crippen LogP contribution >= 0.6 is 0 Å². The number of Topliss-reactive ketones (excluding diaryl/α,β-unsaturated/α-hetero) is 1. The number of aryl methyl sites for hydroxylation is 2. The maximum absolute atomic E-state index is 13.4. The van der Waals surface area contributed by atoms with Gasteiger partial charge >= 0.3 is 5.97 Å². The number of rotatable bonds is 7. The van der Waals surface area contributed by atoms with Crippen LogP contribution in [0, 0.1) is 19.3 Å². The number of hydrogen-bond acceptors (Lipinski definition) is 7. The number of carbonyl (C=O) groups is 3. The van der Waals surface area contributed by atoms with E-state index in [0.717, 1.165) is 11.1 Å². The molecule has 1 aliphatic carbocycles. The molecule has 8 heteroatoms. The fourth-order valence-electron chi connectivity index (χ4n) is 4.91. The van der Waals surface area contributed by atoms with E-state index >= 15 is 0 Å². The van der Waals surface area contributed by atoms with Crippen molar-refractivity contribution < 1.29 is 28.6 Å². The minimum absolute atomic E-state index is 0.0503. The first-order chi connectivity index (χ1) is 18.0. The Morgan fingerprint density at radius 2 is 1.84 bits per heavy atom. The fourth-order valence-corrected chi connectivity index (χ4v) is 4.91. The van der Waals surface area contributed by atoms with Crippen molar-refractivity contribution in [1.29, 1.82) is 0 Å². The van der Waals surface area contributed by atoms with Crippen molar-refractivity contribution in [1.82, 2.24) is 0 Å². The maximum Gasteiger partial charge on any atom is 0.340 e. The van der Waals surface area contributed by atoms with Crippen LogP contribution in [0.2, 0.25) is 0 Å². The predicted molar refractivity (Wildman–Crippen MR) is 143 cm³/mol. The highest BCUT2D eigenvalue weighted by Gasteiger charge is 2.45. The van der Waals surface area contributed by atoms with Gasteiger partial charge in [-0.3, -0.25) is 9.59 Å². The Hall–Kier alpha value is -4.07. The van der Waals surface area contributed by atoms with E-state index in [2.05, 4.69) is 5.32 Å². The molecule has 0 spiro atoms. The molecule has 4 rings (SSSR count). The first-order valence-electron chi connectivity index (χ1n) is 12.7. The van der Waals surface area contributed by atoms with Crippen LogP contribution in [0.15, 0.2) is 65.3 Å². The number of amides is 1. The zero-order valence-corrected chi connectivity index (χ0v) is 22.5. The summed E-state index contributed by atoms with van der Waals surface area (Å²) in [6.07, 6.45) is 0.784. The second-order valence-electron chi connectivity index (χ2n) is 10.5. The molecule has 2 aromatic carbocycles. The molecule has 1 amide bonds. The van der Waals surface area contributed by atoms with Gasteiger partial charge in [0.1, 0.15) is 17.1 Å². The lowest BCUT2D eigenvalue weighted by atomic mass is 9.70. The Balaban J connectivity index is 1.68. The zero-order chi connectivity index (χ0) is 27.6. The second kappa shape index (κ2) is 10.7. The molecule has 0 aromatic heterocycles. The Morgan fingerprint density at radius 1 is 1.11 bits per heavy atom. The number of benzene rings is 2. The summed E-state index contributed by atoms with van der Waals surface area (Å²) in [5, 5.41) is 2.84. The molecular weight excluding hydrogens is 484 g/mol. The number of esters is 1. The molecule has 0 saturated carbocycles. The highest BCUT2D eigenvalue weighted by Crippen LogP contribution is 2.49. The monoisotopic (exact) mass is 518 g/mol. The Kier molecular flexibility index (Phi) is 7.62. The fraction of sp³-hybridized carbons (Fsp3) is 0.367. The molecule has 0 radical (unpaired) electrons. The van der Waals surface area contributed by atoms with Gasteiger partial charge in [-0.15, -0.1) is 0 Å². The molecule has 8 nitrogen and oxygen atoms in total. The molecule has 1 atom stereocenters. The minimum atomic E-state index is -0.847. The van der Waals surface area contributed by atoms with E-state index in [9.17, 15) is 14.4 Å². The Bertz CT molecular complexity index is 1350. The van der Waals surface area contributed by atoms with Crippen molar-refractivity contribution in [3.8, 4) is 5.75 Å². The van der Waals surface area contributed by atoms with Crippen LogP contribution in [0.25, 0.3) is 0 Å². The van der Waals surface area contributed by atoms with Gasteiger partial charge in [0, 0.05) is 29.7 Å². The second-order valence-corrected chi connectivity index (χ2v) is 10.5. The van der Waals surface area contributed by atoms with Crippen LogP contribution in [0.3, 0.4) is 0 Å². The smallest absolute Gasteiger partial charge is 0.340 e. The number of para-hydroxylation sites is 1. The standard InChI is InChI=1S/C30H34N2O6/c1-6-36-29(35)27-25(26-21(33)14-30(4,5)15-23(26)38-28(27)31)20-9-7-8-10-22(20)37-16-24(34)32-19-12-11-17(2)18(3)13-19/h7-13,25H,6,14-16,31H2,1-5H3,(H,32,34).